The average Bonchev–Trinajstić information content (AvgIpc) is 2.69. The van der Waals surface area contributed by atoms with Crippen LogP contribution in [0, 0.1) is 5.92 Å². The number of nitrogens with one attached hydrogen (secondary N) is 2. The summed E-state index contributed by atoms with van der Waals surface area (Å²) in [5.41, 5.74) is 4.04. The Morgan fingerprint density at radius 2 is 1.30 bits per heavy atom. The van der Waals surface area contributed by atoms with Crippen LogP contribution in [-0.2, 0) is 4.79 Å². The highest BCUT2D eigenvalue weighted by Gasteiger charge is 2.09. The van der Waals surface area contributed by atoms with Gasteiger partial charge in [-0.25, -0.2) is 0 Å². The van der Waals surface area contributed by atoms with Gasteiger partial charge >= 0.3 is 0 Å². The molecule has 0 unspecified atom stereocenters. The third kappa shape index (κ3) is 4.82. The highest BCUT2D eigenvalue weighted by atomic mass is 16.2. The van der Waals surface area contributed by atoms with E-state index in [0.717, 1.165) is 11.1 Å². The molecule has 0 bridgehead atoms. The lowest BCUT2D eigenvalue weighted by Crippen LogP contribution is -2.18. The molecule has 4 nitrogen and oxygen atoms in total. The summed E-state index contributed by atoms with van der Waals surface area (Å²) < 4.78 is 0. The van der Waals surface area contributed by atoms with Crippen LogP contribution < -0.4 is 10.6 Å². The molecule has 136 valence electrons. The van der Waals surface area contributed by atoms with E-state index in [4.69, 9.17) is 0 Å². The number of amides is 2. The highest BCUT2D eigenvalue weighted by Crippen LogP contribution is 2.21. The van der Waals surface area contributed by atoms with Crippen LogP contribution in [-0.4, -0.2) is 11.8 Å². The third-order valence-corrected chi connectivity index (χ3v) is 4.17. The first-order valence-electron chi connectivity index (χ1n) is 8.91. The van der Waals surface area contributed by atoms with Crippen molar-refractivity contribution in [2.24, 2.45) is 5.92 Å². The van der Waals surface area contributed by atoms with Crippen LogP contribution in [0.4, 0.5) is 11.4 Å². The van der Waals surface area contributed by atoms with Crippen molar-refractivity contribution < 1.29 is 9.59 Å². The minimum Gasteiger partial charge on any atom is -0.326 e. The molecule has 3 aromatic rings. The van der Waals surface area contributed by atoms with Gasteiger partial charge in [0.25, 0.3) is 5.91 Å². The predicted molar refractivity (Wildman–Crippen MR) is 110 cm³/mol. The Labute approximate surface area is 159 Å². The van der Waals surface area contributed by atoms with E-state index in [1.807, 2.05) is 68.4 Å². The molecule has 3 aromatic carbocycles. The van der Waals surface area contributed by atoms with Crippen LogP contribution in [0.15, 0.2) is 78.9 Å². The van der Waals surface area contributed by atoms with Crippen LogP contribution in [0.1, 0.15) is 24.2 Å². The van der Waals surface area contributed by atoms with Crippen molar-refractivity contribution in [2.45, 2.75) is 13.8 Å². The summed E-state index contributed by atoms with van der Waals surface area (Å²) in [6, 6.07) is 24.6. The van der Waals surface area contributed by atoms with Gasteiger partial charge in [0.1, 0.15) is 0 Å². The smallest absolute Gasteiger partial charge is 0.255 e. The van der Waals surface area contributed by atoms with Gasteiger partial charge in [0.05, 0.1) is 0 Å². The topological polar surface area (TPSA) is 58.2 Å². The van der Waals surface area contributed by atoms with E-state index in [0.29, 0.717) is 16.9 Å². The monoisotopic (exact) mass is 358 g/mol. The van der Waals surface area contributed by atoms with Crippen LogP contribution in [0.2, 0.25) is 0 Å². The minimum atomic E-state index is -0.193. The van der Waals surface area contributed by atoms with Gasteiger partial charge in [0.15, 0.2) is 0 Å². The first-order chi connectivity index (χ1) is 13.0. The fourth-order valence-corrected chi connectivity index (χ4v) is 2.61. The number of hydrogen-bond acceptors (Lipinski definition) is 2. The van der Waals surface area contributed by atoms with Crippen molar-refractivity contribution in [3.63, 3.8) is 0 Å². The highest BCUT2D eigenvalue weighted by molar-refractivity contribution is 6.05. The normalized spacial score (nSPS) is 10.5. The summed E-state index contributed by atoms with van der Waals surface area (Å²) in [5, 5.41) is 5.70. The molecule has 0 fully saturated rings. The number of benzene rings is 3. The molecule has 0 spiro atoms. The summed E-state index contributed by atoms with van der Waals surface area (Å²) in [6.45, 7) is 3.67. The van der Waals surface area contributed by atoms with Gasteiger partial charge in [0.2, 0.25) is 5.91 Å². The van der Waals surface area contributed by atoms with Gasteiger partial charge in [-0.05, 0) is 41.5 Å². The molecule has 2 N–H and O–H groups in total. The van der Waals surface area contributed by atoms with E-state index in [-0.39, 0.29) is 17.7 Å². The van der Waals surface area contributed by atoms with E-state index in [9.17, 15) is 9.59 Å². The first-order valence-corrected chi connectivity index (χ1v) is 8.91. The van der Waals surface area contributed by atoms with E-state index in [1.165, 1.54) is 0 Å². The molecule has 0 aromatic heterocycles. The van der Waals surface area contributed by atoms with Crippen molar-refractivity contribution >= 4 is 23.2 Å². The Hall–Kier alpha value is -3.40. The molecule has 2 amide bonds. The maximum absolute atomic E-state index is 12.5. The van der Waals surface area contributed by atoms with E-state index in [2.05, 4.69) is 10.6 Å². The SMILES string of the molecule is CC(C)C(=O)Nc1cccc(NC(=O)c2ccc(-c3ccccc3)cc2)c1. The molecular formula is C23H22N2O2. The predicted octanol–water partition coefficient (Wildman–Crippen LogP) is 5.20. The fraction of sp³-hybridized carbons (Fsp3) is 0.130. The van der Waals surface area contributed by atoms with Gasteiger partial charge in [-0.2, -0.15) is 0 Å². The number of anilines is 2. The second-order valence-corrected chi connectivity index (χ2v) is 6.62. The van der Waals surface area contributed by atoms with Crippen LogP contribution in [0.5, 0.6) is 0 Å². The van der Waals surface area contributed by atoms with Crippen LogP contribution >= 0.6 is 0 Å². The standard InChI is InChI=1S/C23H22N2O2/c1-16(2)22(26)24-20-9-6-10-21(15-20)25-23(27)19-13-11-18(12-14-19)17-7-4-3-5-8-17/h3-16H,1-2H3,(H,24,26)(H,25,27). The number of hydrogen-bond donors (Lipinski definition) is 2. The molecule has 27 heavy (non-hydrogen) atoms. The first kappa shape index (κ1) is 18.4. The van der Waals surface area contributed by atoms with Crippen LogP contribution in [0.25, 0.3) is 11.1 Å². The molecule has 0 radical (unpaired) electrons. The molecule has 0 atom stereocenters. The van der Waals surface area contributed by atoms with Crippen LogP contribution in [0.3, 0.4) is 0 Å². The maximum atomic E-state index is 12.5. The zero-order chi connectivity index (χ0) is 19.2. The Kier molecular flexibility index (Phi) is 5.67. The van der Waals surface area contributed by atoms with Crippen molar-refractivity contribution in [2.75, 3.05) is 10.6 Å². The molecule has 0 aliphatic carbocycles. The van der Waals surface area contributed by atoms with Crippen molar-refractivity contribution in [1.29, 1.82) is 0 Å². The lowest BCUT2D eigenvalue weighted by Gasteiger charge is -2.10. The molecule has 0 saturated heterocycles. The zero-order valence-corrected chi connectivity index (χ0v) is 15.4. The largest absolute Gasteiger partial charge is 0.326 e. The van der Waals surface area contributed by atoms with Crippen molar-refractivity contribution in [1.82, 2.24) is 0 Å². The fourth-order valence-electron chi connectivity index (χ4n) is 2.61. The summed E-state index contributed by atoms with van der Waals surface area (Å²) in [7, 11) is 0. The van der Waals surface area contributed by atoms with Gasteiger partial charge < -0.3 is 10.6 Å². The van der Waals surface area contributed by atoms with Gasteiger partial charge in [-0.1, -0.05) is 62.4 Å². The quantitative estimate of drug-likeness (QED) is 0.658. The Morgan fingerprint density at radius 1 is 0.704 bits per heavy atom. The minimum absolute atomic E-state index is 0.0602. The van der Waals surface area contributed by atoms with Crippen molar-refractivity contribution in [3.8, 4) is 11.1 Å². The average molecular weight is 358 g/mol. The molecular weight excluding hydrogens is 336 g/mol. The summed E-state index contributed by atoms with van der Waals surface area (Å²) in [6.07, 6.45) is 0. The van der Waals surface area contributed by atoms with E-state index < -0.39 is 0 Å². The second kappa shape index (κ2) is 8.32. The number of carbonyl (C=O) groups is 2. The number of rotatable bonds is 5. The zero-order valence-electron chi connectivity index (χ0n) is 15.4. The molecule has 3 rings (SSSR count). The molecule has 0 aliphatic rings. The molecule has 0 saturated carbocycles. The summed E-state index contributed by atoms with van der Waals surface area (Å²) in [5.74, 6) is -0.358. The Bertz CT molecular complexity index is 932. The summed E-state index contributed by atoms with van der Waals surface area (Å²) >= 11 is 0. The van der Waals surface area contributed by atoms with E-state index >= 15 is 0 Å². The lowest BCUT2D eigenvalue weighted by atomic mass is 10.0. The second-order valence-electron chi connectivity index (χ2n) is 6.62. The maximum Gasteiger partial charge on any atom is 0.255 e. The Morgan fingerprint density at radius 3 is 1.93 bits per heavy atom. The lowest BCUT2D eigenvalue weighted by molar-refractivity contribution is -0.118. The van der Waals surface area contributed by atoms with Gasteiger partial charge in [-0.15, -0.1) is 0 Å². The van der Waals surface area contributed by atoms with Gasteiger partial charge in [-0.3, -0.25) is 9.59 Å². The van der Waals surface area contributed by atoms with Crippen molar-refractivity contribution in [3.05, 3.63) is 84.4 Å². The van der Waals surface area contributed by atoms with E-state index in [1.54, 1.807) is 24.3 Å². The third-order valence-electron chi connectivity index (χ3n) is 4.17. The molecule has 4 heteroatoms. The Balaban J connectivity index is 1.69. The number of carbonyl (C=O) groups excluding carboxylic acids is 2. The molecule has 0 heterocycles. The summed E-state index contributed by atoms with van der Waals surface area (Å²) in [4.78, 5) is 24.3. The molecule has 0 aliphatic heterocycles. The van der Waals surface area contributed by atoms with Gasteiger partial charge in [0, 0.05) is 22.9 Å².